The van der Waals surface area contributed by atoms with E-state index < -0.39 is 0 Å². The Balaban J connectivity index is 3.40. The summed E-state index contributed by atoms with van der Waals surface area (Å²) < 4.78 is 5.26. The Bertz CT molecular complexity index is 364. The lowest BCUT2D eigenvalue weighted by molar-refractivity contribution is 0.410. The predicted molar refractivity (Wildman–Crippen MR) is 69.2 cm³/mol. The molecule has 0 fully saturated rings. The highest BCUT2D eigenvalue weighted by atomic mass is 16.5. The van der Waals surface area contributed by atoms with Crippen molar-refractivity contribution < 1.29 is 4.74 Å². The van der Waals surface area contributed by atoms with E-state index in [1.807, 2.05) is 0 Å². The van der Waals surface area contributed by atoms with Crippen LogP contribution in [-0.2, 0) is 10.8 Å². The molecule has 1 nitrogen and oxygen atoms in total. The summed E-state index contributed by atoms with van der Waals surface area (Å²) in [7, 11) is 1.69. The Kier molecular flexibility index (Phi) is 3.37. The smallest absolute Gasteiger partial charge is 0.127 e. The number of benzene rings is 1. The van der Waals surface area contributed by atoms with Gasteiger partial charge in [0.05, 0.1) is 7.11 Å². The van der Waals surface area contributed by atoms with Crippen molar-refractivity contribution in [3.8, 4) is 5.75 Å². The van der Waals surface area contributed by atoms with Crippen LogP contribution in [0.5, 0.6) is 5.75 Å². The van der Waals surface area contributed by atoms with Crippen LogP contribution in [0.2, 0.25) is 0 Å². The van der Waals surface area contributed by atoms with Gasteiger partial charge in [0.1, 0.15) is 5.75 Å². The molecule has 0 saturated heterocycles. The molecule has 0 unspecified atom stereocenters. The van der Waals surface area contributed by atoms with Crippen molar-refractivity contribution in [2.45, 2.75) is 52.4 Å². The van der Waals surface area contributed by atoms with Gasteiger partial charge in [-0.2, -0.15) is 0 Å². The van der Waals surface area contributed by atoms with Crippen LogP contribution < -0.4 is 4.74 Å². The Morgan fingerprint density at radius 1 is 0.938 bits per heavy atom. The maximum absolute atomic E-state index is 5.26. The van der Waals surface area contributed by atoms with Gasteiger partial charge in [0.2, 0.25) is 0 Å². The molecule has 1 radical (unpaired) electrons. The van der Waals surface area contributed by atoms with Gasteiger partial charge in [-0.25, -0.2) is 0 Å². The van der Waals surface area contributed by atoms with Crippen LogP contribution in [0.25, 0.3) is 0 Å². The number of rotatable bonds is 1. The molecule has 0 aliphatic heterocycles. The van der Waals surface area contributed by atoms with Crippen molar-refractivity contribution in [1.82, 2.24) is 0 Å². The molecule has 0 N–H and O–H groups in total. The van der Waals surface area contributed by atoms with Gasteiger partial charge in [0.15, 0.2) is 0 Å². The minimum atomic E-state index is 0.130. The third-order valence-corrected chi connectivity index (χ3v) is 2.76. The van der Waals surface area contributed by atoms with E-state index in [2.05, 4.69) is 59.7 Å². The molecule has 1 aromatic carbocycles. The Morgan fingerprint density at radius 2 is 1.44 bits per heavy atom. The Morgan fingerprint density at radius 3 is 1.81 bits per heavy atom. The van der Waals surface area contributed by atoms with Crippen LogP contribution in [0, 0.1) is 6.07 Å². The third-order valence-electron chi connectivity index (χ3n) is 2.76. The molecule has 89 valence electrons. The van der Waals surface area contributed by atoms with E-state index in [1.54, 1.807) is 7.11 Å². The van der Waals surface area contributed by atoms with Crippen LogP contribution in [0.4, 0.5) is 0 Å². The number of methoxy groups -OCH3 is 1. The minimum Gasteiger partial charge on any atom is -0.496 e. The molecule has 0 saturated carbocycles. The summed E-state index contributed by atoms with van der Waals surface area (Å²) in [5, 5.41) is 0. The van der Waals surface area contributed by atoms with E-state index in [-0.39, 0.29) is 10.8 Å². The molecule has 0 aliphatic rings. The van der Waals surface area contributed by atoms with Crippen molar-refractivity contribution >= 4 is 0 Å². The van der Waals surface area contributed by atoms with E-state index >= 15 is 0 Å². The van der Waals surface area contributed by atoms with Crippen LogP contribution in [-0.4, -0.2) is 7.11 Å². The second kappa shape index (κ2) is 4.12. The van der Waals surface area contributed by atoms with E-state index in [9.17, 15) is 0 Å². The van der Waals surface area contributed by atoms with Gasteiger partial charge in [0, 0.05) is 6.07 Å². The predicted octanol–water partition coefficient (Wildman–Crippen LogP) is 4.09. The monoisotopic (exact) mass is 219 g/mol. The van der Waals surface area contributed by atoms with Gasteiger partial charge in [0.25, 0.3) is 0 Å². The zero-order valence-electron chi connectivity index (χ0n) is 11.6. The molecule has 1 aromatic rings. The van der Waals surface area contributed by atoms with Gasteiger partial charge >= 0.3 is 0 Å². The lowest BCUT2D eigenvalue weighted by Crippen LogP contribution is -2.21. The second-order valence-electron chi connectivity index (χ2n) is 6.33. The first-order valence-corrected chi connectivity index (χ1v) is 5.77. The third kappa shape index (κ3) is 2.78. The van der Waals surface area contributed by atoms with Crippen LogP contribution in [0.15, 0.2) is 12.1 Å². The quantitative estimate of drug-likeness (QED) is 0.691. The van der Waals surface area contributed by atoms with Crippen LogP contribution in [0.3, 0.4) is 0 Å². The number of hydrogen-bond acceptors (Lipinski definition) is 1. The molecular formula is C15H23O. The van der Waals surface area contributed by atoms with Crippen molar-refractivity contribution in [3.05, 3.63) is 29.3 Å². The first kappa shape index (κ1) is 13.1. The maximum atomic E-state index is 5.26. The van der Waals surface area contributed by atoms with Gasteiger partial charge in [-0.15, -0.1) is 0 Å². The normalized spacial score (nSPS) is 12.7. The van der Waals surface area contributed by atoms with Gasteiger partial charge in [-0.05, 0) is 34.1 Å². The summed E-state index contributed by atoms with van der Waals surface area (Å²) in [5.74, 6) is 0.818. The minimum absolute atomic E-state index is 0.130. The summed E-state index contributed by atoms with van der Waals surface area (Å²) in [5.41, 5.74) is 2.97. The highest BCUT2D eigenvalue weighted by molar-refractivity contribution is 5.42. The number of ether oxygens (including phenoxy) is 1. The average molecular weight is 219 g/mol. The topological polar surface area (TPSA) is 9.23 Å². The lowest BCUT2D eigenvalue weighted by Gasteiger charge is -2.30. The summed E-state index contributed by atoms with van der Waals surface area (Å²) in [6.45, 7) is 13.4. The molecule has 1 rings (SSSR count). The SMILES string of the molecule is COc1[c]cc(C(C)(C)C)c(C(C)(C)C)c1. The van der Waals surface area contributed by atoms with Crippen molar-refractivity contribution in [1.29, 1.82) is 0 Å². The van der Waals surface area contributed by atoms with Crippen molar-refractivity contribution in [3.63, 3.8) is 0 Å². The molecular weight excluding hydrogens is 196 g/mol. The van der Waals surface area contributed by atoms with E-state index in [0.717, 1.165) is 5.75 Å². The van der Waals surface area contributed by atoms with Crippen LogP contribution >= 0.6 is 0 Å². The molecule has 0 spiro atoms. The number of hydrogen-bond donors (Lipinski definition) is 0. The van der Waals surface area contributed by atoms with Gasteiger partial charge < -0.3 is 4.74 Å². The first-order chi connectivity index (χ1) is 7.16. The zero-order valence-corrected chi connectivity index (χ0v) is 11.6. The summed E-state index contributed by atoms with van der Waals surface area (Å²) >= 11 is 0. The molecule has 16 heavy (non-hydrogen) atoms. The van der Waals surface area contributed by atoms with E-state index in [0.29, 0.717) is 0 Å². The van der Waals surface area contributed by atoms with Crippen LogP contribution in [0.1, 0.15) is 52.7 Å². The summed E-state index contributed by atoms with van der Waals surface area (Å²) in [6, 6.07) is 7.36. The molecule has 1 heteroatoms. The highest BCUT2D eigenvalue weighted by Crippen LogP contribution is 2.35. The van der Waals surface area contributed by atoms with Crippen molar-refractivity contribution in [2.75, 3.05) is 7.11 Å². The first-order valence-electron chi connectivity index (χ1n) is 5.77. The standard InChI is InChI=1S/C15H23O/c1-14(2,3)12-9-8-11(16-7)10-13(12)15(4,5)6/h9-10H,1-7H3. The second-order valence-corrected chi connectivity index (χ2v) is 6.33. The average Bonchev–Trinajstić information content (AvgIpc) is 2.14. The van der Waals surface area contributed by atoms with E-state index in [4.69, 9.17) is 4.74 Å². The summed E-state index contributed by atoms with van der Waals surface area (Å²) in [4.78, 5) is 0. The van der Waals surface area contributed by atoms with Crippen molar-refractivity contribution in [2.24, 2.45) is 0 Å². The molecule has 0 aromatic heterocycles. The van der Waals surface area contributed by atoms with E-state index in [1.165, 1.54) is 11.1 Å². The Labute approximate surface area is 99.8 Å². The molecule has 0 amide bonds. The highest BCUT2D eigenvalue weighted by Gasteiger charge is 2.25. The Hall–Kier alpha value is -0.980. The molecule has 0 heterocycles. The van der Waals surface area contributed by atoms with Gasteiger partial charge in [-0.1, -0.05) is 41.5 Å². The fraction of sp³-hybridized carbons (Fsp3) is 0.600. The molecule has 0 aliphatic carbocycles. The molecule has 0 bridgehead atoms. The fourth-order valence-corrected chi connectivity index (χ4v) is 1.83. The summed E-state index contributed by atoms with van der Waals surface area (Å²) in [6.07, 6.45) is 0. The lowest BCUT2D eigenvalue weighted by atomic mass is 9.75. The maximum Gasteiger partial charge on any atom is 0.127 e. The fourth-order valence-electron chi connectivity index (χ4n) is 1.83. The zero-order chi connectivity index (χ0) is 12.6. The molecule has 0 atom stereocenters. The van der Waals surface area contributed by atoms with Gasteiger partial charge in [-0.3, -0.25) is 0 Å². The largest absolute Gasteiger partial charge is 0.496 e.